The van der Waals surface area contributed by atoms with Crippen molar-refractivity contribution in [2.75, 3.05) is 0 Å². The van der Waals surface area contributed by atoms with Gasteiger partial charge in [0.05, 0.1) is 17.8 Å². The molecule has 0 aliphatic rings. The Bertz CT molecular complexity index is 623. The molecule has 7 heteroatoms. The summed E-state index contributed by atoms with van der Waals surface area (Å²) in [5, 5.41) is 2.99. The Kier molecular flexibility index (Phi) is 4.34. The van der Waals surface area contributed by atoms with Gasteiger partial charge in [0.1, 0.15) is 17.3 Å². The molecular weight excluding hydrogens is 278 g/mol. The molecule has 2 aromatic rings. The van der Waals surface area contributed by atoms with Crippen LogP contribution in [0.4, 0.5) is 0 Å². The number of amides is 1. The van der Waals surface area contributed by atoms with Crippen LogP contribution in [0.1, 0.15) is 41.9 Å². The first kappa shape index (κ1) is 14.5. The molecule has 0 saturated heterocycles. The molecule has 0 spiro atoms. The fraction of sp³-hybridized carbons (Fsp3) is 0.385. The zero-order valence-electron chi connectivity index (χ0n) is 11.6. The van der Waals surface area contributed by atoms with Gasteiger partial charge in [-0.15, -0.1) is 0 Å². The molecule has 0 unspecified atom stereocenters. The minimum absolute atomic E-state index is 0.133. The minimum Gasteiger partial charge on any atom is -0.343 e. The molecule has 0 atom stereocenters. The van der Waals surface area contributed by atoms with Crippen LogP contribution in [-0.2, 0) is 13.6 Å². The predicted molar refractivity (Wildman–Crippen MR) is 75.5 cm³/mol. The number of imidazole rings is 1. The number of hydrogen-bond donors (Lipinski definition) is 1. The summed E-state index contributed by atoms with van der Waals surface area (Å²) in [6.07, 6.45) is 4.95. The number of nitrogens with zero attached hydrogens (tertiary/aromatic N) is 4. The van der Waals surface area contributed by atoms with E-state index in [9.17, 15) is 4.79 Å². The topological polar surface area (TPSA) is 72.7 Å². The van der Waals surface area contributed by atoms with Crippen LogP contribution in [0, 0.1) is 0 Å². The van der Waals surface area contributed by atoms with Crippen LogP contribution in [0.25, 0.3) is 0 Å². The lowest BCUT2D eigenvalue weighted by atomic mass is 10.2. The number of carbonyl (C=O) groups excluding carboxylic acids is 1. The quantitative estimate of drug-likeness (QED) is 0.935. The van der Waals surface area contributed by atoms with Crippen molar-refractivity contribution in [3.8, 4) is 0 Å². The third-order valence-corrected chi connectivity index (χ3v) is 3.10. The first-order chi connectivity index (χ1) is 9.49. The number of halogens is 1. The lowest BCUT2D eigenvalue weighted by Gasteiger charge is -2.09. The Morgan fingerprint density at radius 2 is 2.20 bits per heavy atom. The number of nitrogens with one attached hydrogen (secondary N) is 1. The Morgan fingerprint density at radius 3 is 2.80 bits per heavy atom. The van der Waals surface area contributed by atoms with Crippen LogP contribution in [0.15, 0.2) is 18.6 Å². The zero-order chi connectivity index (χ0) is 14.7. The van der Waals surface area contributed by atoms with Gasteiger partial charge in [0.2, 0.25) is 0 Å². The van der Waals surface area contributed by atoms with Crippen LogP contribution in [0.3, 0.4) is 0 Å². The molecule has 6 nitrogen and oxygen atoms in total. The lowest BCUT2D eigenvalue weighted by molar-refractivity contribution is 0.0944. The molecule has 2 rings (SSSR count). The van der Waals surface area contributed by atoms with Gasteiger partial charge in [-0.2, -0.15) is 0 Å². The first-order valence-corrected chi connectivity index (χ1v) is 6.63. The van der Waals surface area contributed by atoms with Crippen molar-refractivity contribution in [1.82, 2.24) is 24.8 Å². The highest BCUT2D eigenvalue weighted by atomic mass is 35.5. The van der Waals surface area contributed by atoms with Gasteiger partial charge in [-0.05, 0) is 0 Å². The zero-order valence-corrected chi connectivity index (χ0v) is 12.3. The largest absolute Gasteiger partial charge is 0.343 e. The summed E-state index contributed by atoms with van der Waals surface area (Å²) in [4.78, 5) is 24.6. The van der Waals surface area contributed by atoms with Crippen LogP contribution in [0.5, 0.6) is 0 Å². The van der Waals surface area contributed by atoms with Gasteiger partial charge in [0, 0.05) is 25.4 Å². The second-order valence-corrected chi connectivity index (χ2v) is 5.12. The molecule has 1 N–H and O–H groups in total. The summed E-state index contributed by atoms with van der Waals surface area (Å²) < 4.78 is 1.83. The van der Waals surface area contributed by atoms with Crippen molar-refractivity contribution in [2.45, 2.75) is 26.3 Å². The van der Waals surface area contributed by atoms with Crippen molar-refractivity contribution in [1.29, 1.82) is 0 Å². The van der Waals surface area contributed by atoms with Gasteiger partial charge in [0.25, 0.3) is 5.91 Å². The molecule has 0 aliphatic heterocycles. The van der Waals surface area contributed by atoms with E-state index in [0.717, 1.165) is 5.82 Å². The van der Waals surface area contributed by atoms with E-state index >= 15 is 0 Å². The standard InChI is InChI=1S/C13H16ClN5O/c1-8(2)12-16-6-9(14)11(18-12)13(20)17-7-10-15-4-5-19(10)3/h4-6,8H,7H2,1-3H3,(H,17,20). The predicted octanol–water partition coefficient (Wildman–Crippen LogP) is 1.92. The number of rotatable bonds is 4. The monoisotopic (exact) mass is 293 g/mol. The Hall–Kier alpha value is -1.95. The number of aromatic nitrogens is 4. The van der Waals surface area contributed by atoms with E-state index in [1.807, 2.05) is 31.7 Å². The molecule has 0 aliphatic carbocycles. The summed E-state index contributed by atoms with van der Waals surface area (Å²) in [5.41, 5.74) is 0.194. The van der Waals surface area contributed by atoms with Crippen molar-refractivity contribution >= 4 is 17.5 Å². The normalized spacial score (nSPS) is 10.8. The summed E-state index contributed by atoms with van der Waals surface area (Å²) >= 11 is 5.98. The minimum atomic E-state index is -0.331. The van der Waals surface area contributed by atoms with Gasteiger partial charge in [-0.1, -0.05) is 25.4 Å². The SMILES string of the molecule is CC(C)c1ncc(Cl)c(C(=O)NCc2nccn2C)n1. The highest BCUT2D eigenvalue weighted by Gasteiger charge is 2.15. The Labute approximate surface area is 122 Å². The van der Waals surface area contributed by atoms with E-state index < -0.39 is 0 Å². The fourth-order valence-corrected chi connectivity index (χ4v) is 1.80. The fourth-order valence-electron chi connectivity index (χ4n) is 1.63. The summed E-state index contributed by atoms with van der Waals surface area (Å²) in [6.45, 7) is 4.23. The van der Waals surface area contributed by atoms with Crippen molar-refractivity contribution in [3.05, 3.63) is 41.0 Å². The van der Waals surface area contributed by atoms with Crippen molar-refractivity contribution < 1.29 is 4.79 Å². The smallest absolute Gasteiger partial charge is 0.271 e. The second kappa shape index (κ2) is 6.00. The van der Waals surface area contributed by atoms with Crippen LogP contribution < -0.4 is 5.32 Å². The maximum atomic E-state index is 12.1. The second-order valence-electron chi connectivity index (χ2n) is 4.72. The Balaban J connectivity index is 2.13. The molecule has 20 heavy (non-hydrogen) atoms. The van der Waals surface area contributed by atoms with E-state index in [1.165, 1.54) is 6.20 Å². The number of carbonyl (C=O) groups is 1. The molecule has 0 fully saturated rings. The molecule has 0 saturated carbocycles. The maximum Gasteiger partial charge on any atom is 0.271 e. The van der Waals surface area contributed by atoms with E-state index in [0.29, 0.717) is 12.4 Å². The molecule has 2 aromatic heterocycles. The van der Waals surface area contributed by atoms with Crippen molar-refractivity contribution in [3.63, 3.8) is 0 Å². The van der Waals surface area contributed by atoms with Gasteiger partial charge < -0.3 is 9.88 Å². The molecule has 0 aromatic carbocycles. The summed E-state index contributed by atoms with van der Waals surface area (Å²) in [6, 6.07) is 0. The highest BCUT2D eigenvalue weighted by Crippen LogP contribution is 2.16. The molecule has 2 heterocycles. The van der Waals surface area contributed by atoms with Crippen LogP contribution in [0.2, 0.25) is 5.02 Å². The van der Waals surface area contributed by atoms with E-state index in [1.54, 1.807) is 6.20 Å². The highest BCUT2D eigenvalue weighted by molar-refractivity contribution is 6.33. The average molecular weight is 294 g/mol. The average Bonchev–Trinajstić information content (AvgIpc) is 2.81. The molecule has 0 radical (unpaired) electrons. The summed E-state index contributed by atoms with van der Waals surface area (Å²) in [7, 11) is 1.86. The van der Waals surface area contributed by atoms with Crippen LogP contribution in [-0.4, -0.2) is 25.4 Å². The van der Waals surface area contributed by atoms with E-state index in [2.05, 4.69) is 20.3 Å². The molecule has 106 valence electrons. The lowest BCUT2D eigenvalue weighted by Crippen LogP contribution is -2.26. The van der Waals surface area contributed by atoms with Gasteiger partial charge in [0.15, 0.2) is 0 Å². The molecule has 0 bridgehead atoms. The van der Waals surface area contributed by atoms with Crippen molar-refractivity contribution in [2.24, 2.45) is 7.05 Å². The molecular formula is C13H16ClN5O. The van der Waals surface area contributed by atoms with Gasteiger partial charge in [-0.25, -0.2) is 15.0 Å². The van der Waals surface area contributed by atoms with E-state index in [4.69, 9.17) is 11.6 Å². The van der Waals surface area contributed by atoms with E-state index in [-0.39, 0.29) is 22.5 Å². The number of hydrogen-bond acceptors (Lipinski definition) is 4. The first-order valence-electron chi connectivity index (χ1n) is 6.26. The van der Waals surface area contributed by atoms with Crippen LogP contribution >= 0.6 is 11.6 Å². The number of aryl methyl sites for hydroxylation is 1. The maximum absolute atomic E-state index is 12.1. The summed E-state index contributed by atoms with van der Waals surface area (Å²) in [5.74, 6) is 1.15. The third-order valence-electron chi connectivity index (χ3n) is 2.82. The molecule has 1 amide bonds. The Morgan fingerprint density at radius 1 is 1.45 bits per heavy atom. The van der Waals surface area contributed by atoms with Gasteiger partial charge in [-0.3, -0.25) is 4.79 Å². The van der Waals surface area contributed by atoms with Gasteiger partial charge >= 0.3 is 0 Å². The third kappa shape index (κ3) is 3.14.